The van der Waals surface area contributed by atoms with Crippen molar-refractivity contribution in [2.24, 2.45) is 0 Å². The maximum atomic E-state index is 11.6. The summed E-state index contributed by atoms with van der Waals surface area (Å²) in [5.41, 5.74) is 6.27. The van der Waals surface area contributed by atoms with Gasteiger partial charge in [-0.05, 0) is 37.8 Å². The van der Waals surface area contributed by atoms with E-state index in [1.807, 2.05) is 30.3 Å². The highest BCUT2D eigenvalue weighted by Crippen LogP contribution is 2.18. The first-order chi connectivity index (χ1) is 8.74. The summed E-state index contributed by atoms with van der Waals surface area (Å²) in [6, 6.07) is 9.37. The molecule has 18 heavy (non-hydrogen) atoms. The van der Waals surface area contributed by atoms with E-state index in [1.54, 1.807) is 0 Å². The standard InChI is InChI=1S/C13H19N3O2/c17-12-8-6-10(7-9-12)14-13(18)16-15-11-4-2-1-3-5-11/h1-5,10,12,15,17H,6-9H2,(H2,14,16,18). The summed E-state index contributed by atoms with van der Waals surface area (Å²) >= 11 is 0. The Balaban J connectivity index is 1.69. The molecule has 2 amide bonds. The van der Waals surface area contributed by atoms with E-state index in [9.17, 15) is 9.90 Å². The van der Waals surface area contributed by atoms with E-state index in [1.165, 1.54) is 0 Å². The van der Waals surface area contributed by atoms with Gasteiger partial charge in [-0.3, -0.25) is 10.9 Å². The van der Waals surface area contributed by atoms with Gasteiger partial charge in [0.05, 0.1) is 11.8 Å². The van der Waals surface area contributed by atoms with Gasteiger partial charge in [0.25, 0.3) is 0 Å². The average Bonchev–Trinajstić information content (AvgIpc) is 2.40. The zero-order chi connectivity index (χ0) is 12.8. The number of aliphatic hydroxyl groups excluding tert-OH is 1. The molecule has 0 aromatic heterocycles. The molecule has 4 N–H and O–H groups in total. The monoisotopic (exact) mass is 249 g/mol. The van der Waals surface area contributed by atoms with Crippen LogP contribution in [0.15, 0.2) is 30.3 Å². The van der Waals surface area contributed by atoms with Crippen molar-refractivity contribution in [1.82, 2.24) is 10.7 Å². The number of hydrogen-bond acceptors (Lipinski definition) is 3. The molecule has 1 aliphatic rings. The van der Waals surface area contributed by atoms with Crippen molar-refractivity contribution in [3.63, 3.8) is 0 Å². The second kappa shape index (κ2) is 6.26. The van der Waals surface area contributed by atoms with E-state index in [0.717, 1.165) is 31.4 Å². The molecule has 0 radical (unpaired) electrons. The molecule has 0 heterocycles. The van der Waals surface area contributed by atoms with E-state index in [-0.39, 0.29) is 18.2 Å². The lowest BCUT2D eigenvalue weighted by atomic mass is 9.93. The second-order valence-electron chi connectivity index (χ2n) is 4.59. The summed E-state index contributed by atoms with van der Waals surface area (Å²) in [4.78, 5) is 11.6. The number of carbonyl (C=O) groups excluding carboxylic acids is 1. The summed E-state index contributed by atoms with van der Waals surface area (Å²) in [5, 5.41) is 12.3. The summed E-state index contributed by atoms with van der Waals surface area (Å²) in [6.45, 7) is 0. The molecule has 1 aliphatic carbocycles. The van der Waals surface area contributed by atoms with Crippen LogP contribution in [0.25, 0.3) is 0 Å². The van der Waals surface area contributed by atoms with Crippen LogP contribution in [0.3, 0.4) is 0 Å². The van der Waals surface area contributed by atoms with Gasteiger partial charge in [0.1, 0.15) is 0 Å². The molecule has 1 aromatic carbocycles. The van der Waals surface area contributed by atoms with Gasteiger partial charge in [-0.15, -0.1) is 0 Å². The average molecular weight is 249 g/mol. The summed E-state index contributed by atoms with van der Waals surface area (Å²) in [5.74, 6) is 0. The molecule has 0 saturated heterocycles. The molecule has 5 nitrogen and oxygen atoms in total. The predicted molar refractivity (Wildman–Crippen MR) is 70.0 cm³/mol. The van der Waals surface area contributed by atoms with Crippen molar-refractivity contribution in [2.75, 3.05) is 5.43 Å². The number of benzene rings is 1. The maximum absolute atomic E-state index is 11.6. The number of hydrazine groups is 1. The molecule has 0 unspecified atom stereocenters. The summed E-state index contributed by atoms with van der Waals surface area (Å²) in [7, 11) is 0. The Morgan fingerprint density at radius 3 is 2.44 bits per heavy atom. The Labute approximate surface area is 107 Å². The van der Waals surface area contributed by atoms with Crippen molar-refractivity contribution in [3.8, 4) is 0 Å². The van der Waals surface area contributed by atoms with E-state index < -0.39 is 0 Å². The third-order valence-electron chi connectivity index (χ3n) is 3.13. The Hall–Kier alpha value is -1.75. The Bertz CT molecular complexity index is 375. The number of anilines is 1. The minimum atomic E-state index is -0.236. The van der Waals surface area contributed by atoms with Gasteiger partial charge in [-0.1, -0.05) is 18.2 Å². The molecule has 2 rings (SSSR count). The Morgan fingerprint density at radius 2 is 1.78 bits per heavy atom. The normalized spacial score (nSPS) is 23.2. The van der Waals surface area contributed by atoms with Gasteiger partial charge >= 0.3 is 6.03 Å². The molecule has 98 valence electrons. The van der Waals surface area contributed by atoms with E-state index in [4.69, 9.17) is 0 Å². The zero-order valence-electron chi connectivity index (χ0n) is 10.2. The third kappa shape index (κ3) is 3.92. The van der Waals surface area contributed by atoms with Crippen LogP contribution in [-0.4, -0.2) is 23.3 Å². The lowest BCUT2D eigenvalue weighted by Gasteiger charge is -2.26. The van der Waals surface area contributed by atoms with E-state index in [2.05, 4.69) is 16.2 Å². The van der Waals surface area contributed by atoms with Gasteiger partial charge < -0.3 is 10.4 Å². The highest BCUT2D eigenvalue weighted by Gasteiger charge is 2.20. The number of hydrogen-bond donors (Lipinski definition) is 4. The zero-order valence-corrected chi connectivity index (χ0v) is 10.2. The smallest absolute Gasteiger partial charge is 0.333 e. The summed E-state index contributed by atoms with van der Waals surface area (Å²) in [6.07, 6.45) is 2.99. The molecule has 5 heteroatoms. The molecule has 0 bridgehead atoms. The lowest BCUT2D eigenvalue weighted by molar-refractivity contribution is 0.118. The van der Waals surface area contributed by atoms with E-state index in [0.29, 0.717) is 0 Å². The fourth-order valence-electron chi connectivity index (χ4n) is 2.09. The van der Waals surface area contributed by atoms with Crippen molar-refractivity contribution in [3.05, 3.63) is 30.3 Å². The topological polar surface area (TPSA) is 73.4 Å². The number of urea groups is 1. The number of rotatable bonds is 3. The van der Waals surface area contributed by atoms with Gasteiger partial charge in [-0.2, -0.15) is 0 Å². The number of para-hydroxylation sites is 1. The molecule has 1 aromatic rings. The van der Waals surface area contributed by atoms with Crippen LogP contribution in [0.5, 0.6) is 0 Å². The van der Waals surface area contributed by atoms with Crippen molar-refractivity contribution >= 4 is 11.7 Å². The van der Waals surface area contributed by atoms with Gasteiger partial charge in [0, 0.05) is 6.04 Å². The molecular weight excluding hydrogens is 230 g/mol. The van der Waals surface area contributed by atoms with Gasteiger partial charge in [0.15, 0.2) is 0 Å². The third-order valence-corrected chi connectivity index (χ3v) is 3.13. The first-order valence-corrected chi connectivity index (χ1v) is 6.29. The number of nitrogens with one attached hydrogen (secondary N) is 3. The minimum Gasteiger partial charge on any atom is -0.393 e. The fourth-order valence-corrected chi connectivity index (χ4v) is 2.09. The first-order valence-electron chi connectivity index (χ1n) is 6.29. The number of amides is 2. The van der Waals surface area contributed by atoms with Crippen LogP contribution >= 0.6 is 0 Å². The molecule has 1 fully saturated rings. The lowest BCUT2D eigenvalue weighted by Crippen LogP contribution is -2.45. The highest BCUT2D eigenvalue weighted by atomic mass is 16.3. The van der Waals surface area contributed by atoms with Crippen molar-refractivity contribution in [2.45, 2.75) is 37.8 Å². The fraction of sp³-hybridized carbons (Fsp3) is 0.462. The van der Waals surface area contributed by atoms with Crippen LogP contribution in [0, 0.1) is 0 Å². The van der Waals surface area contributed by atoms with Crippen LogP contribution in [0.2, 0.25) is 0 Å². The Kier molecular flexibility index (Phi) is 4.41. The summed E-state index contributed by atoms with van der Waals surface area (Å²) < 4.78 is 0. The molecule has 0 aliphatic heterocycles. The predicted octanol–water partition coefficient (Wildman–Crippen LogP) is 1.62. The van der Waals surface area contributed by atoms with Crippen molar-refractivity contribution in [1.29, 1.82) is 0 Å². The highest BCUT2D eigenvalue weighted by molar-refractivity contribution is 5.75. The quantitative estimate of drug-likeness (QED) is 0.615. The molecule has 1 saturated carbocycles. The van der Waals surface area contributed by atoms with Crippen LogP contribution in [0.4, 0.5) is 10.5 Å². The molecule has 0 spiro atoms. The maximum Gasteiger partial charge on any atom is 0.333 e. The van der Waals surface area contributed by atoms with Gasteiger partial charge in [-0.25, -0.2) is 4.79 Å². The molecule has 0 atom stereocenters. The van der Waals surface area contributed by atoms with Crippen LogP contribution in [-0.2, 0) is 0 Å². The SMILES string of the molecule is O=C(NNc1ccccc1)NC1CCC(O)CC1. The Morgan fingerprint density at radius 1 is 1.11 bits per heavy atom. The van der Waals surface area contributed by atoms with Crippen molar-refractivity contribution < 1.29 is 9.90 Å². The largest absolute Gasteiger partial charge is 0.393 e. The number of aliphatic hydroxyl groups is 1. The van der Waals surface area contributed by atoms with E-state index >= 15 is 0 Å². The van der Waals surface area contributed by atoms with Crippen LogP contribution in [0.1, 0.15) is 25.7 Å². The second-order valence-corrected chi connectivity index (χ2v) is 4.59. The first kappa shape index (κ1) is 12.7. The van der Waals surface area contributed by atoms with Crippen LogP contribution < -0.4 is 16.2 Å². The number of carbonyl (C=O) groups is 1. The molecular formula is C13H19N3O2. The van der Waals surface area contributed by atoms with Gasteiger partial charge in [0.2, 0.25) is 0 Å². The minimum absolute atomic E-state index is 0.158.